The van der Waals surface area contributed by atoms with Gasteiger partial charge in [0.1, 0.15) is 5.15 Å². The molecule has 1 amide bonds. The molecule has 0 atom stereocenters. The normalized spacial score (nSPS) is 11.2. The van der Waals surface area contributed by atoms with Gasteiger partial charge in [-0.2, -0.15) is 5.10 Å². The van der Waals surface area contributed by atoms with E-state index >= 15 is 0 Å². The molecule has 5 nitrogen and oxygen atoms in total. The Kier molecular flexibility index (Phi) is 5.17. The average Bonchev–Trinajstić information content (AvgIpc) is 3.08. The topological polar surface area (TPSA) is 59.3 Å². The van der Waals surface area contributed by atoms with Crippen molar-refractivity contribution in [1.82, 2.24) is 19.9 Å². The minimum Gasteiger partial charge on any atom is -0.346 e. The van der Waals surface area contributed by atoms with Crippen molar-refractivity contribution in [3.63, 3.8) is 0 Å². The Morgan fingerprint density at radius 3 is 2.43 bits per heavy atom. The molecule has 0 bridgehead atoms. The molecule has 2 aromatic heterocycles. The number of hydrogen-bond acceptors (Lipinski definition) is 3. The Morgan fingerprint density at radius 1 is 0.964 bits per heavy atom. The molecule has 4 rings (SSSR count). The van der Waals surface area contributed by atoms with E-state index in [1.165, 1.54) is 0 Å². The molecule has 0 aliphatic rings. The Balaban J connectivity index is 1.65. The van der Waals surface area contributed by atoms with Crippen LogP contribution in [0.2, 0.25) is 5.15 Å². The van der Waals surface area contributed by atoms with E-state index in [-0.39, 0.29) is 12.5 Å². The number of carbonyl (C=O) groups is 1. The van der Waals surface area contributed by atoms with Crippen molar-refractivity contribution in [2.75, 3.05) is 0 Å². The average molecular weight is 389 g/mol. The van der Waals surface area contributed by atoms with Crippen LogP contribution in [0, 0.1) is 0 Å². The van der Waals surface area contributed by atoms with Gasteiger partial charge >= 0.3 is 0 Å². The van der Waals surface area contributed by atoms with E-state index in [0.717, 1.165) is 17.0 Å². The first-order valence-corrected chi connectivity index (χ1v) is 9.19. The molecule has 0 aliphatic heterocycles. The standard InChI is InChI=1S/C22H17ClN4O/c23-20-13-14-21-25-18(12-11-16-7-3-1-4-8-16)19(27(21)26-20)15-24-22(28)17-9-5-2-6-10-17/h1-14H,15H2,(H,24,28)/b12-11+. The van der Waals surface area contributed by atoms with E-state index in [9.17, 15) is 4.79 Å². The molecule has 28 heavy (non-hydrogen) atoms. The number of benzene rings is 2. The quantitative estimate of drug-likeness (QED) is 0.548. The van der Waals surface area contributed by atoms with Gasteiger partial charge in [0, 0.05) is 5.56 Å². The maximum atomic E-state index is 12.4. The molecular formula is C22H17ClN4O. The first-order valence-electron chi connectivity index (χ1n) is 8.81. The third-order valence-electron chi connectivity index (χ3n) is 4.25. The van der Waals surface area contributed by atoms with Crippen LogP contribution in [0.5, 0.6) is 0 Å². The van der Waals surface area contributed by atoms with Crippen molar-refractivity contribution in [3.05, 3.63) is 100 Å². The Morgan fingerprint density at radius 2 is 1.68 bits per heavy atom. The molecule has 0 radical (unpaired) electrons. The van der Waals surface area contributed by atoms with E-state index in [4.69, 9.17) is 11.6 Å². The molecule has 1 N–H and O–H groups in total. The molecule has 138 valence electrons. The lowest BCUT2D eigenvalue weighted by atomic mass is 10.2. The second-order valence-corrected chi connectivity index (χ2v) is 6.55. The van der Waals surface area contributed by atoms with Gasteiger partial charge in [-0.3, -0.25) is 4.79 Å². The molecule has 2 aromatic carbocycles. The van der Waals surface area contributed by atoms with E-state index in [1.54, 1.807) is 28.8 Å². The fourth-order valence-corrected chi connectivity index (χ4v) is 3.01. The summed E-state index contributed by atoms with van der Waals surface area (Å²) >= 11 is 6.07. The molecule has 2 heterocycles. The summed E-state index contributed by atoms with van der Waals surface area (Å²) in [6.07, 6.45) is 3.90. The molecule has 0 fully saturated rings. The second-order valence-electron chi connectivity index (χ2n) is 6.16. The van der Waals surface area contributed by atoms with Gasteiger partial charge in [-0.1, -0.05) is 66.2 Å². The highest BCUT2D eigenvalue weighted by molar-refractivity contribution is 6.29. The van der Waals surface area contributed by atoms with Crippen LogP contribution < -0.4 is 5.32 Å². The van der Waals surface area contributed by atoms with Crippen LogP contribution in [-0.2, 0) is 6.54 Å². The minimum atomic E-state index is -0.157. The summed E-state index contributed by atoms with van der Waals surface area (Å²) < 4.78 is 1.66. The molecule has 0 saturated heterocycles. The van der Waals surface area contributed by atoms with E-state index < -0.39 is 0 Å². The van der Waals surface area contributed by atoms with Gasteiger partial charge in [0.2, 0.25) is 0 Å². The van der Waals surface area contributed by atoms with Gasteiger partial charge < -0.3 is 5.32 Å². The van der Waals surface area contributed by atoms with Crippen LogP contribution in [-0.4, -0.2) is 20.5 Å². The number of aromatic nitrogens is 3. The first-order chi connectivity index (χ1) is 13.7. The number of fused-ring (bicyclic) bond motifs is 1. The number of amides is 1. The maximum Gasteiger partial charge on any atom is 0.251 e. The van der Waals surface area contributed by atoms with Crippen molar-refractivity contribution in [3.8, 4) is 0 Å². The van der Waals surface area contributed by atoms with Crippen molar-refractivity contribution in [1.29, 1.82) is 0 Å². The van der Waals surface area contributed by atoms with Gasteiger partial charge in [0.05, 0.1) is 17.9 Å². The zero-order valence-corrected chi connectivity index (χ0v) is 15.7. The highest BCUT2D eigenvalue weighted by Crippen LogP contribution is 2.17. The van der Waals surface area contributed by atoms with E-state index in [2.05, 4.69) is 15.4 Å². The fourth-order valence-electron chi connectivity index (χ4n) is 2.87. The molecule has 0 saturated carbocycles. The summed E-state index contributed by atoms with van der Waals surface area (Å²) in [5.74, 6) is -0.157. The van der Waals surface area contributed by atoms with Crippen LogP contribution in [0.1, 0.15) is 27.3 Å². The Bertz CT molecular complexity index is 1140. The van der Waals surface area contributed by atoms with Crippen LogP contribution in [0.3, 0.4) is 0 Å². The molecule has 0 aliphatic carbocycles. The number of halogens is 1. The summed E-state index contributed by atoms with van der Waals surface area (Å²) in [6.45, 7) is 0.275. The Hall–Kier alpha value is -3.44. The summed E-state index contributed by atoms with van der Waals surface area (Å²) in [6, 6.07) is 22.5. The van der Waals surface area contributed by atoms with Gasteiger partial charge in [-0.25, -0.2) is 9.50 Å². The minimum absolute atomic E-state index is 0.157. The lowest BCUT2D eigenvalue weighted by Crippen LogP contribution is -2.24. The van der Waals surface area contributed by atoms with Gasteiger partial charge in [-0.05, 0) is 35.9 Å². The second kappa shape index (κ2) is 8.06. The number of rotatable bonds is 5. The largest absolute Gasteiger partial charge is 0.346 e. The number of nitrogens with one attached hydrogen (secondary N) is 1. The number of carbonyl (C=O) groups excluding carboxylic acids is 1. The summed E-state index contributed by atoms with van der Waals surface area (Å²) in [5, 5.41) is 7.63. The van der Waals surface area contributed by atoms with Crippen LogP contribution in [0.4, 0.5) is 0 Å². The summed E-state index contributed by atoms with van der Waals surface area (Å²) in [5.41, 5.74) is 3.82. The predicted molar refractivity (Wildman–Crippen MR) is 111 cm³/mol. The van der Waals surface area contributed by atoms with Crippen molar-refractivity contribution >= 4 is 35.3 Å². The van der Waals surface area contributed by atoms with E-state index in [1.807, 2.05) is 60.7 Å². The smallest absolute Gasteiger partial charge is 0.251 e. The maximum absolute atomic E-state index is 12.4. The molecule has 4 aromatic rings. The van der Waals surface area contributed by atoms with Gasteiger partial charge in [-0.15, -0.1) is 0 Å². The van der Waals surface area contributed by atoms with Gasteiger partial charge in [0.25, 0.3) is 5.91 Å². The highest BCUT2D eigenvalue weighted by Gasteiger charge is 2.13. The number of imidazole rings is 1. The van der Waals surface area contributed by atoms with Gasteiger partial charge in [0.15, 0.2) is 5.65 Å². The first kappa shape index (κ1) is 17.9. The monoisotopic (exact) mass is 388 g/mol. The lowest BCUT2D eigenvalue weighted by molar-refractivity contribution is 0.0950. The number of nitrogens with zero attached hydrogens (tertiary/aromatic N) is 3. The van der Waals surface area contributed by atoms with Crippen LogP contribution in [0.25, 0.3) is 17.8 Å². The third kappa shape index (κ3) is 3.94. The molecule has 0 spiro atoms. The van der Waals surface area contributed by atoms with Crippen molar-refractivity contribution < 1.29 is 4.79 Å². The summed E-state index contributed by atoms with van der Waals surface area (Å²) in [7, 11) is 0. The molecular weight excluding hydrogens is 372 g/mol. The third-order valence-corrected chi connectivity index (χ3v) is 4.46. The zero-order chi connectivity index (χ0) is 19.3. The lowest BCUT2D eigenvalue weighted by Gasteiger charge is -2.06. The van der Waals surface area contributed by atoms with Crippen molar-refractivity contribution in [2.45, 2.75) is 6.54 Å². The highest BCUT2D eigenvalue weighted by atomic mass is 35.5. The Labute approximate surface area is 167 Å². The van der Waals surface area contributed by atoms with Crippen LogP contribution in [0.15, 0.2) is 72.8 Å². The van der Waals surface area contributed by atoms with Crippen molar-refractivity contribution in [2.24, 2.45) is 0 Å². The summed E-state index contributed by atoms with van der Waals surface area (Å²) in [4.78, 5) is 17.1. The molecule has 6 heteroatoms. The van der Waals surface area contributed by atoms with E-state index in [0.29, 0.717) is 16.4 Å². The predicted octanol–water partition coefficient (Wildman–Crippen LogP) is 4.48. The van der Waals surface area contributed by atoms with Crippen LogP contribution >= 0.6 is 11.6 Å². The fraction of sp³-hybridized carbons (Fsp3) is 0.0455. The molecule has 0 unspecified atom stereocenters. The zero-order valence-electron chi connectivity index (χ0n) is 14.9. The number of hydrogen-bond donors (Lipinski definition) is 1. The SMILES string of the molecule is O=C(NCc1c(/C=C/c2ccccc2)nc2ccc(Cl)nn12)c1ccccc1.